The van der Waals surface area contributed by atoms with Gasteiger partial charge in [0.1, 0.15) is 22.8 Å². The highest BCUT2D eigenvalue weighted by Gasteiger charge is 2.27. The second-order valence-electron chi connectivity index (χ2n) is 9.09. The van der Waals surface area contributed by atoms with Gasteiger partial charge in [-0.05, 0) is 63.1 Å². The quantitative estimate of drug-likeness (QED) is 0.625. The number of fused-ring (bicyclic) bond motifs is 5. The maximum atomic E-state index is 5.30. The largest absolute Gasteiger partial charge is 0.356 e. The Morgan fingerprint density at radius 3 is 2.30 bits per heavy atom. The van der Waals surface area contributed by atoms with Crippen molar-refractivity contribution in [1.29, 1.82) is 0 Å². The van der Waals surface area contributed by atoms with Crippen molar-refractivity contribution >= 4 is 43.4 Å². The highest BCUT2D eigenvalue weighted by atomic mass is 32.1. The molecule has 1 aliphatic carbocycles. The van der Waals surface area contributed by atoms with Crippen molar-refractivity contribution in [3.8, 4) is 0 Å². The number of aromatic nitrogens is 3. The number of likely N-dealkylation sites (N-methyl/N-ethyl adjacent to an activating group) is 1. The number of piperidine rings is 1. The molecule has 0 atom stereocenters. The summed E-state index contributed by atoms with van der Waals surface area (Å²) in [6.45, 7) is 6.54. The van der Waals surface area contributed by atoms with Crippen molar-refractivity contribution < 1.29 is 0 Å². The van der Waals surface area contributed by atoms with E-state index in [1.165, 1.54) is 64.0 Å². The molecule has 0 radical (unpaired) electrons. The first kappa shape index (κ1) is 18.8. The Kier molecular flexibility index (Phi) is 4.76. The van der Waals surface area contributed by atoms with Crippen molar-refractivity contribution in [2.75, 3.05) is 56.1 Å². The lowest BCUT2D eigenvalue weighted by Crippen LogP contribution is -2.44. The number of rotatable bonds is 2. The van der Waals surface area contributed by atoms with Crippen molar-refractivity contribution in [2.24, 2.45) is 0 Å². The van der Waals surface area contributed by atoms with Gasteiger partial charge in [-0.25, -0.2) is 15.0 Å². The van der Waals surface area contributed by atoms with Gasteiger partial charge in [-0.2, -0.15) is 0 Å². The van der Waals surface area contributed by atoms with Gasteiger partial charge >= 0.3 is 0 Å². The van der Waals surface area contributed by atoms with E-state index in [0.29, 0.717) is 0 Å². The van der Waals surface area contributed by atoms with Crippen LogP contribution in [0.1, 0.15) is 43.2 Å². The Labute approximate surface area is 181 Å². The molecule has 7 heteroatoms. The molecule has 0 spiro atoms. The zero-order valence-electron chi connectivity index (χ0n) is 17.9. The summed E-state index contributed by atoms with van der Waals surface area (Å²) in [6, 6.07) is 0. The number of hydrogen-bond donors (Lipinski definition) is 0. The minimum absolute atomic E-state index is 1.03. The molecule has 0 unspecified atom stereocenters. The fraction of sp³-hybridized carbons (Fsp3) is 0.609. The number of thiophene rings is 1. The molecule has 3 aliphatic rings. The second kappa shape index (κ2) is 7.61. The van der Waals surface area contributed by atoms with Crippen LogP contribution in [0.5, 0.6) is 0 Å². The van der Waals surface area contributed by atoms with Gasteiger partial charge in [-0.1, -0.05) is 0 Å². The maximum Gasteiger partial charge on any atom is 0.150 e. The predicted octanol–water partition coefficient (Wildman–Crippen LogP) is 3.86. The molecule has 30 heavy (non-hydrogen) atoms. The molecule has 0 saturated carbocycles. The van der Waals surface area contributed by atoms with Crippen LogP contribution in [0.2, 0.25) is 0 Å². The third-order valence-electron chi connectivity index (χ3n) is 7.14. The summed E-state index contributed by atoms with van der Waals surface area (Å²) in [4.78, 5) is 23.4. The third-order valence-corrected chi connectivity index (χ3v) is 8.21. The monoisotopic (exact) mass is 422 g/mol. The Hall–Kier alpha value is -1.99. The summed E-state index contributed by atoms with van der Waals surface area (Å²) >= 11 is 1.82. The molecule has 0 bridgehead atoms. The summed E-state index contributed by atoms with van der Waals surface area (Å²) in [5.41, 5.74) is 4.17. The molecule has 0 aromatic carbocycles. The summed E-state index contributed by atoms with van der Waals surface area (Å²) in [5, 5.41) is 1.32. The van der Waals surface area contributed by atoms with Crippen molar-refractivity contribution in [3.63, 3.8) is 0 Å². The molecule has 2 saturated heterocycles. The van der Waals surface area contributed by atoms with E-state index in [9.17, 15) is 0 Å². The predicted molar refractivity (Wildman–Crippen MR) is 125 cm³/mol. The summed E-state index contributed by atoms with van der Waals surface area (Å²) in [7, 11) is 2.20. The summed E-state index contributed by atoms with van der Waals surface area (Å²) < 4.78 is 1.23. The van der Waals surface area contributed by atoms with Crippen LogP contribution in [-0.4, -0.2) is 66.2 Å². The van der Waals surface area contributed by atoms with Crippen molar-refractivity contribution in [1.82, 2.24) is 19.9 Å². The van der Waals surface area contributed by atoms with Crippen LogP contribution in [0.4, 0.5) is 11.6 Å². The van der Waals surface area contributed by atoms with Crippen molar-refractivity contribution in [2.45, 2.75) is 44.9 Å². The van der Waals surface area contributed by atoms with E-state index in [1.54, 1.807) is 6.33 Å². The highest BCUT2D eigenvalue weighted by Crippen LogP contribution is 2.43. The molecule has 6 nitrogen and oxygen atoms in total. The van der Waals surface area contributed by atoms with Gasteiger partial charge in [0.25, 0.3) is 0 Å². The van der Waals surface area contributed by atoms with E-state index in [1.807, 2.05) is 11.3 Å². The number of piperazine rings is 1. The molecule has 3 aromatic rings. The van der Waals surface area contributed by atoms with E-state index in [2.05, 4.69) is 21.7 Å². The van der Waals surface area contributed by atoms with Crippen LogP contribution in [0.3, 0.4) is 0 Å². The van der Waals surface area contributed by atoms with E-state index >= 15 is 0 Å². The van der Waals surface area contributed by atoms with Gasteiger partial charge in [0.05, 0.1) is 10.2 Å². The Morgan fingerprint density at radius 2 is 1.50 bits per heavy atom. The second-order valence-corrected chi connectivity index (χ2v) is 10.1. The Bertz CT molecular complexity index is 1080. The smallest absolute Gasteiger partial charge is 0.150 e. The Balaban J connectivity index is 1.53. The number of pyridine rings is 1. The summed E-state index contributed by atoms with van der Waals surface area (Å²) in [5.74, 6) is 2.39. The fourth-order valence-corrected chi connectivity index (χ4v) is 6.61. The van der Waals surface area contributed by atoms with E-state index in [0.717, 1.165) is 63.4 Å². The minimum atomic E-state index is 1.03. The van der Waals surface area contributed by atoms with Crippen LogP contribution in [-0.2, 0) is 12.8 Å². The average molecular weight is 423 g/mol. The molecule has 5 heterocycles. The lowest BCUT2D eigenvalue weighted by molar-refractivity contribution is 0.312. The minimum Gasteiger partial charge on any atom is -0.356 e. The molecule has 2 fully saturated rings. The van der Waals surface area contributed by atoms with Gasteiger partial charge < -0.3 is 14.7 Å². The lowest BCUT2D eigenvalue weighted by atomic mass is 9.89. The standard InChI is InChI=1S/C23H30N6S/c1-27-11-13-29(14-12-27)22-20-19(24-15-25-22)18-16-7-3-4-8-17(16)21(26-23(18)30-20)28-9-5-2-6-10-28/h15H,2-14H2,1H3. The molecule has 0 N–H and O–H groups in total. The van der Waals surface area contributed by atoms with Gasteiger partial charge in [0.2, 0.25) is 0 Å². The molecular formula is C23H30N6S. The zero-order chi connectivity index (χ0) is 20.1. The normalized spacial score (nSPS) is 20.8. The van der Waals surface area contributed by atoms with E-state index in [4.69, 9.17) is 15.0 Å². The molecule has 3 aromatic heterocycles. The SMILES string of the molecule is CN1CCN(c2ncnc3c2sc2nc(N4CCCCC4)c4c(c23)CCCC4)CC1. The first-order valence-electron chi connectivity index (χ1n) is 11.6. The van der Waals surface area contributed by atoms with E-state index < -0.39 is 0 Å². The number of hydrogen-bond acceptors (Lipinski definition) is 7. The van der Waals surface area contributed by atoms with Gasteiger partial charge in [-0.15, -0.1) is 11.3 Å². The third kappa shape index (κ3) is 3.05. The van der Waals surface area contributed by atoms with Crippen LogP contribution < -0.4 is 9.80 Å². The fourth-order valence-electron chi connectivity index (χ4n) is 5.44. The van der Waals surface area contributed by atoms with Crippen LogP contribution in [0, 0.1) is 0 Å². The number of nitrogens with zero attached hydrogens (tertiary/aromatic N) is 6. The molecule has 158 valence electrons. The van der Waals surface area contributed by atoms with Crippen LogP contribution in [0.25, 0.3) is 20.4 Å². The topological polar surface area (TPSA) is 48.4 Å². The van der Waals surface area contributed by atoms with Gasteiger partial charge in [0.15, 0.2) is 0 Å². The van der Waals surface area contributed by atoms with Gasteiger partial charge in [0, 0.05) is 44.7 Å². The molecule has 0 amide bonds. The average Bonchev–Trinajstić information content (AvgIpc) is 3.19. The first-order chi connectivity index (χ1) is 14.8. The molecule has 2 aliphatic heterocycles. The number of aryl methyl sites for hydroxylation is 1. The van der Waals surface area contributed by atoms with Crippen LogP contribution in [0.15, 0.2) is 6.33 Å². The zero-order valence-corrected chi connectivity index (χ0v) is 18.7. The highest BCUT2D eigenvalue weighted by molar-refractivity contribution is 7.26. The molecule has 6 rings (SSSR count). The number of anilines is 2. The first-order valence-corrected chi connectivity index (χ1v) is 12.4. The maximum absolute atomic E-state index is 5.30. The Morgan fingerprint density at radius 1 is 0.767 bits per heavy atom. The van der Waals surface area contributed by atoms with Gasteiger partial charge in [-0.3, -0.25) is 0 Å². The van der Waals surface area contributed by atoms with Crippen molar-refractivity contribution in [3.05, 3.63) is 17.5 Å². The van der Waals surface area contributed by atoms with Crippen LogP contribution >= 0.6 is 11.3 Å². The summed E-state index contributed by atoms with van der Waals surface area (Å²) in [6.07, 6.45) is 10.6. The van der Waals surface area contributed by atoms with E-state index in [-0.39, 0.29) is 0 Å². The molecular weight excluding hydrogens is 392 g/mol. The lowest BCUT2D eigenvalue weighted by Gasteiger charge is -2.33.